The fourth-order valence-corrected chi connectivity index (χ4v) is 4.35. The van der Waals surface area contributed by atoms with Crippen LogP contribution in [0, 0.1) is 0 Å². The first-order valence-electron chi connectivity index (χ1n) is 8.84. The van der Waals surface area contributed by atoms with E-state index in [1.165, 1.54) is 22.2 Å². The standard InChI is InChI=1S/C22H15N3O2S/c26-19(17-11-23-18-9-5-4-8-15(17)18)12-25-13-24-21-16(22(25)27)10-20(28-21)14-6-2-1-3-7-14/h1-11,13,23H,12H2. The number of fused-ring (bicyclic) bond motifs is 2. The summed E-state index contributed by atoms with van der Waals surface area (Å²) in [6, 6.07) is 19.4. The highest BCUT2D eigenvalue weighted by Gasteiger charge is 2.15. The molecule has 136 valence electrons. The van der Waals surface area contributed by atoms with Gasteiger partial charge in [-0.2, -0.15) is 0 Å². The highest BCUT2D eigenvalue weighted by molar-refractivity contribution is 7.21. The normalized spacial score (nSPS) is 11.3. The van der Waals surface area contributed by atoms with Crippen LogP contribution in [0.4, 0.5) is 0 Å². The van der Waals surface area contributed by atoms with Gasteiger partial charge in [0.15, 0.2) is 5.78 Å². The van der Waals surface area contributed by atoms with Gasteiger partial charge in [0.1, 0.15) is 4.83 Å². The van der Waals surface area contributed by atoms with Crippen molar-refractivity contribution in [1.29, 1.82) is 0 Å². The first kappa shape index (κ1) is 16.6. The molecule has 6 heteroatoms. The molecule has 5 nitrogen and oxygen atoms in total. The molecule has 3 heterocycles. The molecule has 5 aromatic rings. The Morgan fingerprint density at radius 3 is 2.68 bits per heavy atom. The van der Waals surface area contributed by atoms with E-state index in [9.17, 15) is 9.59 Å². The summed E-state index contributed by atoms with van der Waals surface area (Å²) in [5, 5.41) is 1.40. The van der Waals surface area contributed by atoms with Gasteiger partial charge in [0.05, 0.1) is 18.3 Å². The summed E-state index contributed by atoms with van der Waals surface area (Å²) >= 11 is 1.48. The Balaban J connectivity index is 1.52. The molecule has 0 saturated carbocycles. The minimum Gasteiger partial charge on any atom is -0.360 e. The number of aromatic nitrogens is 3. The summed E-state index contributed by atoms with van der Waals surface area (Å²) in [7, 11) is 0. The lowest BCUT2D eigenvalue weighted by Crippen LogP contribution is -2.24. The third-order valence-corrected chi connectivity index (χ3v) is 5.87. The first-order valence-corrected chi connectivity index (χ1v) is 9.66. The quantitative estimate of drug-likeness (QED) is 0.464. The summed E-state index contributed by atoms with van der Waals surface area (Å²) < 4.78 is 1.38. The SMILES string of the molecule is O=C(Cn1cnc2sc(-c3ccccc3)cc2c1=O)c1c[nH]c2ccccc12. The number of carbonyl (C=O) groups excluding carboxylic acids is 1. The maximum Gasteiger partial charge on any atom is 0.262 e. The summed E-state index contributed by atoms with van der Waals surface area (Å²) in [4.78, 5) is 34.9. The molecule has 0 unspecified atom stereocenters. The second-order valence-corrected chi connectivity index (χ2v) is 7.57. The number of Topliss-reactive ketones (excluding diaryl/α,β-unsaturated/α-hetero) is 1. The zero-order valence-electron chi connectivity index (χ0n) is 14.8. The minimum absolute atomic E-state index is 0.0415. The van der Waals surface area contributed by atoms with Gasteiger partial charge in [-0.05, 0) is 17.7 Å². The van der Waals surface area contributed by atoms with Crippen molar-refractivity contribution in [3.63, 3.8) is 0 Å². The molecule has 0 aliphatic rings. The van der Waals surface area contributed by atoms with E-state index in [-0.39, 0.29) is 17.9 Å². The van der Waals surface area contributed by atoms with E-state index in [2.05, 4.69) is 9.97 Å². The number of nitrogens with zero attached hydrogens (tertiary/aromatic N) is 2. The van der Waals surface area contributed by atoms with Gasteiger partial charge in [0.25, 0.3) is 5.56 Å². The van der Waals surface area contributed by atoms with Crippen LogP contribution in [0.1, 0.15) is 10.4 Å². The van der Waals surface area contributed by atoms with Crippen molar-refractivity contribution >= 4 is 38.2 Å². The number of carbonyl (C=O) groups is 1. The predicted octanol–water partition coefficient (Wildman–Crippen LogP) is 4.49. The van der Waals surface area contributed by atoms with Crippen molar-refractivity contribution < 1.29 is 4.79 Å². The highest BCUT2D eigenvalue weighted by Crippen LogP contribution is 2.30. The summed E-state index contributed by atoms with van der Waals surface area (Å²) in [5.41, 5.74) is 2.33. The Morgan fingerprint density at radius 2 is 1.82 bits per heavy atom. The van der Waals surface area contributed by atoms with Crippen LogP contribution in [0.5, 0.6) is 0 Å². The molecule has 0 saturated heterocycles. The van der Waals surface area contributed by atoms with Crippen molar-refractivity contribution in [1.82, 2.24) is 14.5 Å². The van der Waals surface area contributed by atoms with E-state index in [1.54, 1.807) is 6.20 Å². The minimum atomic E-state index is -0.198. The number of hydrogen-bond acceptors (Lipinski definition) is 4. The summed E-state index contributed by atoms with van der Waals surface area (Å²) in [5.74, 6) is -0.126. The van der Waals surface area contributed by atoms with Crippen LogP contribution >= 0.6 is 11.3 Å². The predicted molar refractivity (Wildman–Crippen MR) is 112 cm³/mol. The van der Waals surface area contributed by atoms with Crippen LogP contribution < -0.4 is 5.56 Å². The van der Waals surface area contributed by atoms with E-state index < -0.39 is 0 Å². The van der Waals surface area contributed by atoms with E-state index >= 15 is 0 Å². The molecule has 1 N–H and O–H groups in total. The molecule has 28 heavy (non-hydrogen) atoms. The van der Waals surface area contributed by atoms with Crippen molar-refractivity contribution in [3.05, 3.63) is 89.1 Å². The van der Waals surface area contributed by atoms with Crippen molar-refractivity contribution in [2.24, 2.45) is 0 Å². The molecule has 0 aliphatic carbocycles. The van der Waals surface area contributed by atoms with Gasteiger partial charge in [-0.25, -0.2) is 4.98 Å². The molecule has 0 radical (unpaired) electrons. The van der Waals surface area contributed by atoms with Crippen LogP contribution in [0.25, 0.3) is 31.6 Å². The number of para-hydroxylation sites is 1. The van der Waals surface area contributed by atoms with Crippen LogP contribution in [-0.4, -0.2) is 20.3 Å². The molecule has 3 aromatic heterocycles. The van der Waals surface area contributed by atoms with Crippen LogP contribution in [0.2, 0.25) is 0 Å². The lowest BCUT2D eigenvalue weighted by molar-refractivity contribution is 0.0972. The van der Waals surface area contributed by atoms with E-state index in [1.807, 2.05) is 60.7 Å². The maximum atomic E-state index is 12.9. The Bertz CT molecular complexity index is 1380. The zero-order valence-corrected chi connectivity index (χ0v) is 15.6. The first-order chi connectivity index (χ1) is 13.7. The topological polar surface area (TPSA) is 67.8 Å². The van der Waals surface area contributed by atoms with E-state index in [0.29, 0.717) is 15.8 Å². The zero-order chi connectivity index (χ0) is 19.1. The second kappa shape index (κ2) is 6.58. The summed E-state index contributed by atoms with van der Waals surface area (Å²) in [6.45, 7) is -0.0415. The highest BCUT2D eigenvalue weighted by atomic mass is 32.1. The number of nitrogens with one attached hydrogen (secondary N) is 1. The van der Waals surface area contributed by atoms with Crippen LogP contribution in [0.15, 0.2) is 78.0 Å². The molecule has 0 amide bonds. The number of rotatable bonds is 4. The molecule has 0 spiro atoms. The molecule has 0 atom stereocenters. The molecule has 0 fully saturated rings. The molecule has 0 aliphatic heterocycles. The second-order valence-electron chi connectivity index (χ2n) is 6.54. The largest absolute Gasteiger partial charge is 0.360 e. The van der Waals surface area contributed by atoms with Gasteiger partial charge in [-0.3, -0.25) is 14.2 Å². The Kier molecular flexibility index (Phi) is 3.91. The van der Waals surface area contributed by atoms with Gasteiger partial charge in [0, 0.05) is 27.5 Å². The molecule has 5 rings (SSSR count). The number of ketones is 1. The van der Waals surface area contributed by atoms with E-state index in [4.69, 9.17) is 0 Å². The van der Waals surface area contributed by atoms with Crippen molar-refractivity contribution in [2.45, 2.75) is 6.54 Å². The monoisotopic (exact) mass is 385 g/mol. The fourth-order valence-electron chi connectivity index (χ4n) is 3.36. The molecular formula is C22H15N3O2S. The lowest BCUT2D eigenvalue weighted by atomic mass is 10.1. The fraction of sp³-hybridized carbons (Fsp3) is 0.0455. The Morgan fingerprint density at radius 1 is 1.04 bits per heavy atom. The Labute approximate surface area is 163 Å². The third kappa shape index (κ3) is 2.75. The third-order valence-electron chi connectivity index (χ3n) is 4.78. The van der Waals surface area contributed by atoms with Gasteiger partial charge >= 0.3 is 0 Å². The Hall–Kier alpha value is -3.51. The number of benzene rings is 2. The number of H-pyrrole nitrogens is 1. The van der Waals surface area contributed by atoms with Crippen molar-refractivity contribution in [2.75, 3.05) is 0 Å². The smallest absolute Gasteiger partial charge is 0.262 e. The number of aromatic amines is 1. The average Bonchev–Trinajstić information content (AvgIpc) is 3.35. The number of thiophene rings is 1. The maximum absolute atomic E-state index is 12.9. The molecule has 2 aromatic carbocycles. The van der Waals surface area contributed by atoms with Gasteiger partial charge in [-0.1, -0.05) is 48.5 Å². The van der Waals surface area contributed by atoms with Gasteiger partial charge in [0.2, 0.25) is 0 Å². The summed E-state index contributed by atoms with van der Waals surface area (Å²) in [6.07, 6.45) is 3.16. The number of hydrogen-bond donors (Lipinski definition) is 1. The van der Waals surface area contributed by atoms with Crippen LogP contribution in [0.3, 0.4) is 0 Å². The van der Waals surface area contributed by atoms with Gasteiger partial charge < -0.3 is 4.98 Å². The van der Waals surface area contributed by atoms with E-state index in [0.717, 1.165) is 21.3 Å². The van der Waals surface area contributed by atoms with Gasteiger partial charge in [-0.15, -0.1) is 11.3 Å². The molecule has 0 bridgehead atoms. The molecular weight excluding hydrogens is 370 g/mol. The lowest BCUT2D eigenvalue weighted by Gasteiger charge is -2.04. The average molecular weight is 385 g/mol. The van der Waals surface area contributed by atoms with Crippen LogP contribution in [-0.2, 0) is 6.54 Å². The van der Waals surface area contributed by atoms with Crippen molar-refractivity contribution in [3.8, 4) is 10.4 Å².